The SMILES string of the molecule is CCCC#CC(=O)Nc1cnn(Cn2nnc3ccccc32)c1. The summed E-state index contributed by atoms with van der Waals surface area (Å²) in [6.45, 7) is 2.43. The first-order chi connectivity index (χ1) is 11.3. The molecule has 3 aromatic rings. The molecule has 0 atom stereocenters. The molecular formula is C16H16N6O. The summed E-state index contributed by atoms with van der Waals surface area (Å²) in [4.78, 5) is 11.6. The maximum absolute atomic E-state index is 11.6. The number of nitrogens with zero attached hydrogens (tertiary/aromatic N) is 5. The average Bonchev–Trinajstić information content (AvgIpc) is 3.16. The van der Waals surface area contributed by atoms with Gasteiger partial charge in [-0.3, -0.25) is 4.79 Å². The zero-order chi connectivity index (χ0) is 16.1. The molecule has 0 fully saturated rings. The second kappa shape index (κ2) is 6.75. The third-order valence-corrected chi connectivity index (χ3v) is 3.17. The van der Waals surface area contributed by atoms with E-state index in [-0.39, 0.29) is 5.91 Å². The molecule has 1 aromatic carbocycles. The Balaban J connectivity index is 1.68. The van der Waals surface area contributed by atoms with Gasteiger partial charge in [-0.2, -0.15) is 5.10 Å². The lowest BCUT2D eigenvalue weighted by atomic mass is 10.3. The zero-order valence-corrected chi connectivity index (χ0v) is 12.7. The Kier molecular flexibility index (Phi) is 4.34. The summed E-state index contributed by atoms with van der Waals surface area (Å²) < 4.78 is 3.42. The van der Waals surface area contributed by atoms with Gasteiger partial charge in [0.25, 0.3) is 5.91 Å². The molecule has 2 heterocycles. The van der Waals surface area contributed by atoms with Crippen LogP contribution in [0.3, 0.4) is 0 Å². The van der Waals surface area contributed by atoms with E-state index in [2.05, 4.69) is 32.6 Å². The average molecular weight is 308 g/mol. The maximum atomic E-state index is 11.6. The molecule has 0 aliphatic heterocycles. The molecule has 0 aliphatic carbocycles. The van der Waals surface area contributed by atoms with Crippen LogP contribution < -0.4 is 5.32 Å². The van der Waals surface area contributed by atoms with E-state index in [0.29, 0.717) is 18.8 Å². The number of aromatic nitrogens is 5. The molecule has 0 saturated heterocycles. The van der Waals surface area contributed by atoms with Gasteiger partial charge in [-0.05, 0) is 24.5 Å². The number of carbonyl (C=O) groups excluding carboxylic acids is 1. The van der Waals surface area contributed by atoms with Gasteiger partial charge in [0.05, 0.1) is 23.6 Å². The van der Waals surface area contributed by atoms with Crippen molar-refractivity contribution in [1.82, 2.24) is 24.8 Å². The predicted molar refractivity (Wildman–Crippen MR) is 86.5 cm³/mol. The molecule has 0 aliphatic rings. The fourth-order valence-corrected chi connectivity index (χ4v) is 2.09. The second-order valence-electron chi connectivity index (χ2n) is 4.99. The number of unbranched alkanes of at least 4 members (excludes halogenated alkanes) is 1. The van der Waals surface area contributed by atoms with E-state index in [1.165, 1.54) is 0 Å². The van der Waals surface area contributed by atoms with E-state index in [4.69, 9.17) is 0 Å². The Labute approximate surface area is 133 Å². The molecule has 0 unspecified atom stereocenters. The largest absolute Gasteiger partial charge is 0.312 e. The van der Waals surface area contributed by atoms with E-state index in [0.717, 1.165) is 17.5 Å². The van der Waals surface area contributed by atoms with Gasteiger partial charge < -0.3 is 5.32 Å². The molecule has 1 amide bonds. The van der Waals surface area contributed by atoms with Crippen LogP contribution in [-0.4, -0.2) is 30.7 Å². The summed E-state index contributed by atoms with van der Waals surface area (Å²) >= 11 is 0. The third-order valence-electron chi connectivity index (χ3n) is 3.17. The number of hydrogen-bond acceptors (Lipinski definition) is 4. The molecule has 2 aromatic heterocycles. The summed E-state index contributed by atoms with van der Waals surface area (Å²) in [6.07, 6.45) is 4.96. The van der Waals surface area contributed by atoms with Crippen LogP contribution in [-0.2, 0) is 11.5 Å². The van der Waals surface area contributed by atoms with Crippen LogP contribution in [0.15, 0.2) is 36.7 Å². The quantitative estimate of drug-likeness (QED) is 0.746. The van der Waals surface area contributed by atoms with Crippen LogP contribution in [0.1, 0.15) is 19.8 Å². The van der Waals surface area contributed by atoms with Crippen molar-refractivity contribution in [3.05, 3.63) is 36.7 Å². The van der Waals surface area contributed by atoms with Gasteiger partial charge in [0.1, 0.15) is 12.2 Å². The van der Waals surface area contributed by atoms with Crippen LogP contribution in [0.5, 0.6) is 0 Å². The molecular weight excluding hydrogens is 292 g/mol. The summed E-state index contributed by atoms with van der Waals surface area (Å²) in [6, 6.07) is 7.71. The third kappa shape index (κ3) is 3.55. The van der Waals surface area contributed by atoms with Crippen molar-refractivity contribution in [1.29, 1.82) is 0 Å². The van der Waals surface area contributed by atoms with Crippen molar-refractivity contribution in [3.63, 3.8) is 0 Å². The van der Waals surface area contributed by atoms with Gasteiger partial charge in [-0.15, -0.1) is 5.10 Å². The van der Waals surface area contributed by atoms with E-state index in [1.54, 1.807) is 21.8 Å². The van der Waals surface area contributed by atoms with Gasteiger partial charge in [-0.25, -0.2) is 9.36 Å². The van der Waals surface area contributed by atoms with Crippen molar-refractivity contribution >= 4 is 22.6 Å². The van der Waals surface area contributed by atoms with E-state index < -0.39 is 0 Å². The summed E-state index contributed by atoms with van der Waals surface area (Å²) in [5, 5.41) is 15.1. The Hall–Kier alpha value is -3.14. The molecule has 7 nitrogen and oxygen atoms in total. The number of carbonyl (C=O) groups is 1. The topological polar surface area (TPSA) is 77.6 Å². The Morgan fingerprint density at radius 1 is 1.35 bits per heavy atom. The fourth-order valence-electron chi connectivity index (χ4n) is 2.09. The van der Waals surface area contributed by atoms with E-state index >= 15 is 0 Å². The molecule has 0 radical (unpaired) electrons. The van der Waals surface area contributed by atoms with Crippen molar-refractivity contribution in [2.45, 2.75) is 26.4 Å². The van der Waals surface area contributed by atoms with Crippen LogP contribution in [0.4, 0.5) is 5.69 Å². The molecule has 0 bridgehead atoms. The Morgan fingerprint density at radius 2 is 2.22 bits per heavy atom. The maximum Gasteiger partial charge on any atom is 0.300 e. The van der Waals surface area contributed by atoms with Crippen LogP contribution >= 0.6 is 0 Å². The number of anilines is 1. The molecule has 23 heavy (non-hydrogen) atoms. The Bertz CT molecular complexity index is 882. The number of para-hydroxylation sites is 1. The minimum atomic E-state index is -0.329. The minimum Gasteiger partial charge on any atom is -0.312 e. The molecule has 3 rings (SSSR count). The van der Waals surface area contributed by atoms with Crippen molar-refractivity contribution in [3.8, 4) is 11.8 Å². The number of amides is 1. The van der Waals surface area contributed by atoms with Crippen LogP contribution in [0, 0.1) is 11.8 Å². The van der Waals surface area contributed by atoms with Gasteiger partial charge >= 0.3 is 0 Å². The van der Waals surface area contributed by atoms with Gasteiger partial charge in [-0.1, -0.05) is 30.2 Å². The minimum absolute atomic E-state index is 0.329. The second-order valence-corrected chi connectivity index (χ2v) is 4.99. The zero-order valence-electron chi connectivity index (χ0n) is 12.7. The normalized spacial score (nSPS) is 10.3. The number of nitrogens with one attached hydrogen (secondary N) is 1. The Morgan fingerprint density at radius 3 is 3.09 bits per heavy atom. The monoisotopic (exact) mass is 308 g/mol. The van der Waals surface area contributed by atoms with Gasteiger partial charge in [0, 0.05) is 6.42 Å². The number of benzene rings is 1. The highest BCUT2D eigenvalue weighted by atomic mass is 16.1. The summed E-state index contributed by atoms with van der Waals surface area (Å²) in [5.41, 5.74) is 2.36. The smallest absolute Gasteiger partial charge is 0.300 e. The van der Waals surface area contributed by atoms with Gasteiger partial charge in [0.2, 0.25) is 0 Å². The first-order valence-corrected chi connectivity index (χ1v) is 7.37. The number of rotatable bonds is 4. The lowest BCUT2D eigenvalue weighted by molar-refractivity contribution is -0.111. The number of fused-ring (bicyclic) bond motifs is 1. The fraction of sp³-hybridized carbons (Fsp3) is 0.250. The van der Waals surface area contributed by atoms with Gasteiger partial charge in [0.15, 0.2) is 0 Å². The van der Waals surface area contributed by atoms with Crippen LogP contribution in [0.2, 0.25) is 0 Å². The molecule has 0 spiro atoms. The highest BCUT2D eigenvalue weighted by Crippen LogP contribution is 2.11. The van der Waals surface area contributed by atoms with E-state index in [1.807, 2.05) is 31.2 Å². The van der Waals surface area contributed by atoms with Crippen molar-refractivity contribution < 1.29 is 4.79 Å². The first kappa shape index (κ1) is 14.8. The molecule has 7 heteroatoms. The molecule has 0 saturated carbocycles. The highest BCUT2D eigenvalue weighted by Gasteiger charge is 2.06. The predicted octanol–water partition coefficient (Wildman–Crippen LogP) is 1.88. The lowest BCUT2D eigenvalue weighted by Gasteiger charge is -2.02. The molecule has 116 valence electrons. The number of hydrogen-bond donors (Lipinski definition) is 1. The summed E-state index contributed by atoms with van der Waals surface area (Å²) in [7, 11) is 0. The van der Waals surface area contributed by atoms with Crippen LogP contribution in [0.25, 0.3) is 11.0 Å². The van der Waals surface area contributed by atoms with Crippen molar-refractivity contribution in [2.75, 3.05) is 5.32 Å². The highest BCUT2D eigenvalue weighted by molar-refractivity contribution is 6.03. The van der Waals surface area contributed by atoms with E-state index in [9.17, 15) is 4.79 Å². The standard InChI is InChI=1S/C16H16N6O/c1-2-3-4-9-16(23)18-13-10-17-21(11-13)12-22-15-8-6-5-7-14(15)19-20-22/h5-8,10-11H,2-3,12H2,1H3,(H,18,23). The first-order valence-electron chi connectivity index (χ1n) is 7.37. The molecule has 1 N–H and O–H groups in total. The van der Waals surface area contributed by atoms with Crippen molar-refractivity contribution in [2.24, 2.45) is 0 Å². The lowest BCUT2D eigenvalue weighted by Crippen LogP contribution is -2.10. The summed E-state index contributed by atoms with van der Waals surface area (Å²) in [5.74, 6) is 5.02.